The maximum atomic E-state index is 13.2. The lowest BCUT2D eigenvalue weighted by Crippen LogP contribution is -2.10. The van der Waals surface area contributed by atoms with Crippen LogP contribution >= 0.6 is 34.5 Å². The van der Waals surface area contributed by atoms with E-state index in [-0.39, 0.29) is 11.9 Å². The monoisotopic (exact) mass is 325 g/mol. The second-order valence-electron chi connectivity index (χ2n) is 4.47. The molecule has 20 heavy (non-hydrogen) atoms. The van der Waals surface area contributed by atoms with E-state index in [0.29, 0.717) is 10.0 Å². The Morgan fingerprint density at radius 2 is 1.85 bits per heavy atom. The molecule has 0 spiro atoms. The second-order valence-corrected chi connectivity index (χ2v) is 6.43. The van der Waals surface area contributed by atoms with Crippen molar-refractivity contribution in [3.63, 3.8) is 0 Å². The highest BCUT2D eigenvalue weighted by atomic mass is 35.5. The summed E-state index contributed by atoms with van der Waals surface area (Å²) in [7, 11) is 0. The number of thiophene rings is 1. The van der Waals surface area contributed by atoms with Crippen LogP contribution in [0.3, 0.4) is 0 Å². The van der Waals surface area contributed by atoms with Gasteiger partial charge in [0, 0.05) is 19.6 Å². The molecule has 1 nitrogen and oxygen atoms in total. The third kappa shape index (κ3) is 2.54. The largest absolute Gasteiger partial charge is 0.320 e. The van der Waals surface area contributed by atoms with Gasteiger partial charge in [-0.05, 0) is 41.3 Å². The van der Waals surface area contributed by atoms with E-state index in [1.54, 1.807) is 18.2 Å². The Hall–Kier alpha value is -1.13. The number of hydrogen-bond acceptors (Lipinski definition) is 2. The Morgan fingerprint density at radius 3 is 2.60 bits per heavy atom. The molecule has 0 saturated heterocycles. The molecule has 2 N–H and O–H groups in total. The molecule has 3 rings (SSSR count). The van der Waals surface area contributed by atoms with Gasteiger partial charge in [0.15, 0.2) is 0 Å². The third-order valence-corrected chi connectivity index (χ3v) is 4.85. The first-order valence-electron chi connectivity index (χ1n) is 5.94. The summed E-state index contributed by atoms with van der Waals surface area (Å²) in [6, 6.07) is 11.6. The van der Waals surface area contributed by atoms with Gasteiger partial charge in [0.05, 0.1) is 6.04 Å². The van der Waals surface area contributed by atoms with Crippen molar-refractivity contribution in [3.8, 4) is 0 Å². The fraction of sp³-hybridized carbons (Fsp3) is 0.0667. The number of halogens is 3. The van der Waals surface area contributed by atoms with Gasteiger partial charge >= 0.3 is 0 Å². The number of fused-ring (bicyclic) bond motifs is 1. The minimum atomic E-state index is -0.347. The summed E-state index contributed by atoms with van der Waals surface area (Å²) in [4.78, 5) is 0.940. The van der Waals surface area contributed by atoms with Crippen LogP contribution < -0.4 is 5.73 Å². The van der Waals surface area contributed by atoms with Crippen molar-refractivity contribution in [2.24, 2.45) is 5.73 Å². The van der Waals surface area contributed by atoms with Crippen molar-refractivity contribution >= 4 is 44.6 Å². The van der Waals surface area contributed by atoms with Gasteiger partial charge in [-0.15, -0.1) is 11.3 Å². The molecule has 1 heterocycles. The average molecular weight is 326 g/mol. The minimum absolute atomic E-state index is 0.246. The quantitative estimate of drug-likeness (QED) is 0.671. The topological polar surface area (TPSA) is 26.0 Å². The van der Waals surface area contributed by atoms with E-state index in [2.05, 4.69) is 0 Å². The minimum Gasteiger partial charge on any atom is -0.320 e. The molecule has 2 aromatic carbocycles. The van der Waals surface area contributed by atoms with E-state index in [1.165, 1.54) is 23.5 Å². The van der Waals surface area contributed by atoms with Gasteiger partial charge in [-0.25, -0.2) is 4.39 Å². The highest BCUT2D eigenvalue weighted by molar-refractivity contribution is 7.19. The van der Waals surface area contributed by atoms with Crippen LogP contribution in [-0.2, 0) is 0 Å². The van der Waals surface area contributed by atoms with Crippen LogP contribution in [0.15, 0.2) is 42.5 Å². The van der Waals surface area contributed by atoms with Crippen molar-refractivity contribution in [2.75, 3.05) is 0 Å². The molecule has 0 aliphatic heterocycles. The summed E-state index contributed by atoms with van der Waals surface area (Å²) in [5.74, 6) is -0.246. The summed E-state index contributed by atoms with van der Waals surface area (Å²) < 4.78 is 14.1. The Morgan fingerprint density at radius 1 is 1.05 bits per heavy atom. The van der Waals surface area contributed by atoms with E-state index >= 15 is 0 Å². The predicted octanol–water partition coefficient (Wildman–Crippen LogP) is 5.40. The maximum Gasteiger partial charge on any atom is 0.124 e. The Balaban J connectivity index is 2.05. The van der Waals surface area contributed by atoms with Crippen LogP contribution in [0.1, 0.15) is 16.5 Å². The van der Waals surface area contributed by atoms with Crippen molar-refractivity contribution in [1.29, 1.82) is 0 Å². The first-order valence-corrected chi connectivity index (χ1v) is 7.51. The molecule has 0 bridgehead atoms. The van der Waals surface area contributed by atoms with Crippen molar-refractivity contribution in [1.82, 2.24) is 0 Å². The molecule has 0 amide bonds. The van der Waals surface area contributed by atoms with E-state index in [0.717, 1.165) is 20.5 Å². The molecule has 0 aliphatic rings. The Labute approximate surface area is 129 Å². The lowest BCUT2D eigenvalue weighted by molar-refractivity contribution is 0.630. The fourth-order valence-corrected chi connectivity index (χ4v) is 3.72. The van der Waals surface area contributed by atoms with Crippen LogP contribution in [0, 0.1) is 5.82 Å². The van der Waals surface area contributed by atoms with E-state index < -0.39 is 0 Å². The summed E-state index contributed by atoms with van der Waals surface area (Å²) in [5, 5.41) is 2.09. The van der Waals surface area contributed by atoms with E-state index in [1.807, 2.05) is 12.1 Å². The standard InChI is InChI=1S/C15H10Cl2FNS/c16-9-2-4-11(12(17)6-9)15(19)14-5-8-1-3-10(18)7-13(8)20-14/h1-7,15H,19H2. The van der Waals surface area contributed by atoms with Gasteiger partial charge in [0.25, 0.3) is 0 Å². The SMILES string of the molecule is NC(c1cc2ccc(F)cc2s1)c1ccc(Cl)cc1Cl. The molecule has 0 radical (unpaired) electrons. The number of nitrogens with two attached hydrogens (primary N) is 1. The summed E-state index contributed by atoms with van der Waals surface area (Å²) >= 11 is 13.5. The molecular weight excluding hydrogens is 316 g/mol. The number of benzene rings is 2. The smallest absolute Gasteiger partial charge is 0.124 e. The first kappa shape index (κ1) is 13.8. The van der Waals surface area contributed by atoms with Crippen LogP contribution in [-0.4, -0.2) is 0 Å². The van der Waals surface area contributed by atoms with Crippen LogP contribution in [0.25, 0.3) is 10.1 Å². The summed E-state index contributed by atoms with van der Waals surface area (Å²) in [6.45, 7) is 0. The number of hydrogen-bond donors (Lipinski definition) is 1. The zero-order valence-corrected chi connectivity index (χ0v) is 12.6. The summed E-state index contributed by atoms with van der Waals surface area (Å²) in [6.07, 6.45) is 0. The highest BCUT2D eigenvalue weighted by Crippen LogP contribution is 2.35. The Kier molecular flexibility index (Phi) is 3.69. The lowest BCUT2D eigenvalue weighted by atomic mass is 10.1. The fourth-order valence-electron chi connectivity index (χ4n) is 2.09. The van der Waals surface area contributed by atoms with Gasteiger partial charge in [-0.2, -0.15) is 0 Å². The molecule has 5 heteroatoms. The third-order valence-electron chi connectivity index (χ3n) is 3.11. The molecule has 1 aromatic heterocycles. The molecule has 0 fully saturated rings. The Bertz CT molecular complexity index is 785. The average Bonchev–Trinajstić information content (AvgIpc) is 2.81. The number of rotatable bonds is 2. The zero-order chi connectivity index (χ0) is 14.3. The molecule has 1 unspecified atom stereocenters. The van der Waals surface area contributed by atoms with Gasteiger partial charge in [-0.3, -0.25) is 0 Å². The molecule has 3 aromatic rings. The van der Waals surface area contributed by atoms with Gasteiger partial charge in [0.1, 0.15) is 5.82 Å². The van der Waals surface area contributed by atoms with Crippen LogP contribution in [0.2, 0.25) is 10.0 Å². The zero-order valence-electron chi connectivity index (χ0n) is 10.2. The van der Waals surface area contributed by atoms with Crippen LogP contribution in [0.4, 0.5) is 4.39 Å². The van der Waals surface area contributed by atoms with E-state index in [4.69, 9.17) is 28.9 Å². The predicted molar refractivity (Wildman–Crippen MR) is 84.3 cm³/mol. The van der Waals surface area contributed by atoms with Crippen LogP contribution in [0.5, 0.6) is 0 Å². The van der Waals surface area contributed by atoms with Crippen molar-refractivity contribution < 1.29 is 4.39 Å². The second kappa shape index (κ2) is 5.34. The van der Waals surface area contributed by atoms with Gasteiger partial charge in [-0.1, -0.05) is 35.3 Å². The summed E-state index contributed by atoms with van der Waals surface area (Å²) in [5.41, 5.74) is 7.07. The normalized spacial score (nSPS) is 12.8. The first-order chi connectivity index (χ1) is 9.54. The van der Waals surface area contributed by atoms with Crippen molar-refractivity contribution in [3.05, 3.63) is 68.8 Å². The van der Waals surface area contributed by atoms with Gasteiger partial charge in [0.2, 0.25) is 0 Å². The molecule has 1 atom stereocenters. The van der Waals surface area contributed by atoms with Gasteiger partial charge < -0.3 is 5.73 Å². The molecule has 0 aliphatic carbocycles. The molecule has 0 saturated carbocycles. The maximum absolute atomic E-state index is 13.2. The van der Waals surface area contributed by atoms with E-state index in [9.17, 15) is 4.39 Å². The molecule has 102 valence electrons. The van der Waals surface area contributed by atoms with Crippen molar-refractivity contribution in [2.45, 2.75) is 6.04 Å². The lowest BCUT2D eigenvalue weighted by Gasteiger charge is -2.12. The highest BCUT2D eigenvalue weighted by Gasteiger charge is 2.15. The molecular formula is C15H10Cl2FNS.